The molecule has 0 aliphatic carbocycles. The van der Waals surface area contributed by atoms with E-state index in [1.807, 2.05) is 6.92 Å². The highest BCUT2D eigenvalue weighted by atomic mass is 35.5. The van der Waals surface area contributed by atoms with Crippen molar-refractivity contribution in [2.24, 2.45) is 0 Å². The van der Waals surface area contributed by atoms with E-state index in [0.717, 1.165) is 12.8 Å². The first-order chi connectivity index (χ1) is 4.66. The maximum Gasteiger partial charge on any atom is 0.302 e. The van der Waals surface area contributed by atoms with Gasteiger partial charge in [0.2, 0.25) is 0 Å². The summed E-state index contributed by atoms with van der Waals surface area (Å²) in [7, 11) is 0. The lowest BCUT2D eigenvalue weighted by Crippen LogP contribution is -2.06. The van der Waals surface area contributed by atoms with Gasteiger partial charge in [-0.1, -0.05) is 6.92 Å². The minimum absolute atomic E-state index is 0.138. The molecule has 0 aromatic heterocycles. The molecule has 10 heavy (non-hydrogen) atoms. The van der Waals surface area contributed by atoms with Crippen molar-refractivity contribution in [1.82, 2.24) is 0 Å². The highest BCUT2D eigenvalue weighted by Crippen LogP contribution is 2.05. The Balaban J connectivity index is 3.11. The van der Waals surface area contributed by atoms with Crippen LogP contribution >= 0.6 is 11.6 Å². The molecule has 60 valence electrons. The lowest BCUT2D eigenvalue weighted by Gasteiger charge is -2.04. The lowest BCUT2D eigenvalue weighted by molar-refractivity contribution is -0.141. The van der Waals surface area contributed by atoms with E-state index >= 15 is 0 Å². The number of halogens is 1. The van der Waals surface area contributed by atoms with Crippen molar-refractivity contribution in [2.75, 3.05) is 6.61 Å². The predicted octanol–water partition coefficient (Wildman–Crippen LogP) is 1.96. The van der Waals surface area contributed by atoms with Gasteiger partial charge in [0.15, 0.2) is 0 Å². The Bertz CT molecular complexity index is 104. The number of hydrogen-bond donors (Lipinski definition) is 0. The Morgan fingerprint density at radius 1 is 1.70 bits per heavy atom. The van der Waals surface area contributed by atoms with Gasteiger partial charge in [0, 0.05) is 12.3 Å². The van der Waals surface area contributed by atoms with E-state index in [0.29, 0.717) is 6.61 Å². The molecule has 0 bridgehead atoms. The Kier molecular flexibility index (Phi) is 5.40. The van der Waals surface area contributed by atoms with Crippen LogP contribution in [0.4, 0.5) is 0 Å². The highest BCUT2D eigenvalue weighted by Gasteiger charge is 2.01. The van der Waals surface area contributed by atoms with E-state index < -0.39 is 0 Å². The number of carbonyl (C=O) groups excluding carboxylic acids is 1. The van der Waals surface area contributed by atoms with Crippen LogP contribution in [0.1, 0.15) is 26.7 Å². The summed E-state index contributed by atoms with van der Waals surface area (Å²) in [6, 6.07) is 0. The fourth-order valence-corrected chi connectivity index (χ4v) is 0.624. The zero-order valence-corrected chi connectivity index (χ0v) is 7.15. The van der Waals surface area contributed by atoms with Gasteiger partial charge in [0.05, 0.1) is 6.61 Å². The molecule has 0 saturated heterocycles. The first kappa shape index (κ1) is 9.76. The van der Waals surface area contributed by atoms with Crippen LogP contribution in [0.15, 0.2) is 0 Å². The van der Waals surface area contributed by atoms with Crippen LogP contribution in [0.2, 0.25) is 0 Å². The third kappa shape index (κ3) is 5.89. The monoisotopic (exact) mass is 164 g/mol. The molecule has 0 amide bonds. The molecule has 3 heteroatoms. The average Bonchev–Trinajstić information content (AvgIpc) is 1.87. The summed E-state index contributed by atoms with van der Waals surface area (Å²) in [5.41, 5.74) is 0. The van der Waals surface area contributed by atoms with Crippen molar-refractivity contribution in [3.8, 4) is 0 Å². The van der Waals surface area contributed by atoms with Crippen molar-refractivity contribution < 1.29 is 9.53 Å². The maximum absolute atomic E-state index is 10.2. The van der Waals surface area contributed by atoms with Crippen molar-refractivity contribution in [3.63, 3.8) is 0 Å². The van der Waals surface area contributed by atoms with Gasteiger partial charge in [-0.05, 0) is 12.8 Å². The topological polar surface area (TPSA) is 26.3 Å². The second-order valence-corrected chi connectivity index (χ2v) is 2.75. The minimum Gasteiger partial charge on any atom is -0.466 e. The van der Waals surface area contributed by atoms with Gasteiger partial charge in [-0.25, -0.2) is 0 Å². The van der Waals surface area contributed by atoms with E-state index in [4.69, 9.17) is 16.3 Å². The molecule has 2 nitrogen and oxygen atoms in total. The molecule has 0 saturated carbocycles. The molecule has 1 atom stereocenters. The Hall–Kier alpha value is -0.240. The molecular weight excluding hydrogens is 152 g/mol. The van der Waals surface area contributed by atoms with Crippen LogP contribution in [-0.2, 0) is 9.53 Å². The standard InChI is InChI=1S/C7H13ClO2/c1-3-7(8)4-5-10-6(2)9/h7H,3-5H2,1-2H3. The van der Waals surface area contributed by atoms with Gasteiger partial charge in [-0.15, -0.1) is 11.6 Å². The third-order valence-electron chi connectivity index (χ3n) is 1.18. The van der Waals surface area contributed by atoms with E-state index in [1.165, 1.54) is 6.92 Å². The van der Waals surface area contributed by atoms with Gasteiger partial charge in [0.25, 0.3) is 0 Å². The molecule has 0 fully saturated rings. The fourth-order valence-electron chi connectivity index (χ4n) is 0.535. The van der Waals surface area contributed by atoms with Crippen LogP contribution in [0.5, 0.6) is 0 Å². The van der Waals surface area contributed by atoms with Crippen molar-refractivity contribution in [2.45, 2.75) is 32.1 Å². The largest absolute Gasteiger partial charge is 0.466 e. The molecule has 0 aromatic rings. The van der Waals surface area contributed by atoms with E-state index in [1.54, 1.807) is 0 Å². The molecule has 0 aliphatic heterocycles. The molecule has 0 N–H and O–H groups in total. The van der Waals surface area contributed by atoms with E-state index in [-0.39, 0.29) is 11.3 Å². The number of alkyl halides is 1. The van der Waals surface area contributed by atoms with Crippen LogP contribution in [0.25, 0.3) is 0 Å². The van der Waals surface area contributed by atoms with Gasteiger partial charge >= 0.3 is 5.97 Å². The first-order valence-corrected chi connectivity index (χ1v) is 3.88. The lowest BCUT2D eigenvalue weighted by atomic mass is 10.2. The molecule has 0 rings (SSSR count). The molecule has 1 unspecified atom stereocenters. The summed E-state index contributed by atoms with van der Waals surface area (Å²) < 4.78 is 4.69. The second kappa shape index (κ2) is 5.54. The van der Waals surface area contributed by atoms with Gasteiger partial charge in [-0.2, -0.15) is 0 Å². The first-order valence-electron chi connectivity index (χ1n) is 3.44. The summed E-state index contributed by atoms with van der Waals surface area (Å²) in [4.78, 5) is 10.2. The molecule has 0 heterocycles. The number of rotatable bonds is 4. The molecule has 0 aromatic carbocycles. The van der Waals surface area contributed by atoms with E-state index in [2.05, 4.69) is 0 Å². The van der Waals surface area contributed by atoms with Gasteiger partial charge < -0.3 is 4.74 Å². The number of hydrogen-bond acceptors (Lipinski definition) is 2. The number of ether oxygens (including phenoxy) is 1. The Morgan fingerprint density at radius 2 is 2.30 bits per heavy atom. The number of carbonyl (C=O) groups is 1. The fraction of sp³-hybridized carbons (Fsp3) is 0.857. The van der Waals surface area contributed by atoms with Gasteiger partial charge in [-0.3, -0.25) is 4.79 Å². The normalized spacial score (nSPS) is 12.7. The summed E-state index contributed by atoms with van der Waals surface area (Å²) in [5, 5.41) is 0.138. The SMILES string of the molecule is CCC(Cl)CCOC(C)=O. The summed E-state index contributed by atoms with van der Waals surface area (Å²) >= 11 is 5.76. The zero-order chi connectivity index (χ0) is 7.98. The predicted molar refractivity (Wildman–Crippen MR) is 41.2 cm³/mol. The van der Waals surface area contributed by atoms with Crippen LogP contribution in [0, 0.1) is 0 Å². The van der Waals surface area contributed by atoms with Crippen LogP contribution in [0.3, 0.4) is 0 Å². The molecule has 0 aliphatic rings. The maximum atomic E-state index is 10.2. The summed E-state index contributed by atoms with van der Waals surface area (Å²) in [6.45, 7) is 3.85. The average molecular weight is 165 g/mol. The van der Waals surface area contributed by atoms with Crippen LogP contribution in [-0.4, -0.2) is 18.0 Å². The zero-order valence-electron chi connectivity index (χ0n) is 6.39. The molecule has 0 spiro atoms. The number of esters is 1. The highest BCUT2D eigenvalue weighted by molar-refractivity contribution is 6.20. The quantitative estimate of drug-likeness (QED) is 0.469. The summed E-state index contributed by atoms with van der Waals surface area (Å²) in [5.74, 6) is -0.236. The molecular formula is C7H13ClO2. The Morgan fingerprint density at radius 3 is 2.70 bits per heavy atom. The molecule has 0 radical (unpaired) electrons. The second-order valence-electron chi connectivity index (χ2n) is 2.13. The van der Waals surface area contributed by atoms with Crippen molar-refractivity contribution in [1.29, 1.82) is 0 Å². The van der Waals surface area contributed by atoms with E-state index in [9.17, 15) is 4.79 Å². The summed E-state index contributed by atoms with van der Waals surface area (Å²) in [6.07, 6.45) is 1.67. The van der Waals surface area contributed by atoms with Gasteiger partial charge in [0.1, 0.15) is 0 Å². The van der Waals surface area contributed by atoms with Crippen molar-refractivity contribution >= 4 is 17.6 Å². The minimum atomic E-state index is -0.236. The van der Waals surface area contributed by atoms with Crippen LogP contribution < -0.4 is 0 Å². The third-order valence-corrected chi connectivity index (χ3v) is 1.71. The Labute approximate surface area is 66.5 Å². The smallest absolute Gasteiger partial charge is 0.302 e. The van der Waals surface area contributed by atoms with Crippen molar-refractivity contribution in [3.05, 3.63) is 0 Å².